The van der Waals surface area contributed by atoms with E-state index in [9.17, 15) is 0 Å². The second kappa shape index (κ2) is 4.84. The number of aryl methyl sites for hydroxylation is 3. The molecule has 0 spiro atoms. The minimum absolute atomic E-state index is 0.506. The van der Waals surface area contributed by atoms with Gasteiger partial charge in [0.15, 0.2) is 5.82 Å². The summed E-state index contributed by atoms with van der Waals surface area (Å²) in [7, 11) is 0. The van der Waals surface area contributed by atoms with E-state index in [2.05, 4.69) is 48.9 Å². The Hall–Kier alpha value is -1.41. The van der Waals surface area contributed by atoms with Crippen molar-refractivity contribution in [3.8, 4) is 11.4 Å². The first-order valence-electron chi connectivity index (χ1n) is 5.71. The number of rotatable bonds is 2. The Balaban J connectivity index is 2.55. The van der Waals surface area contributed by atoms with E-state index in [1.165, 1.54) is 11.1 Å². The molecule has 3 heteroatoms. The number of benzene rings is 1. The monoisotopic (exact) mass is 246 g/mol. The van der Waals surface area contributed by atoms with E-state index >= 15 is 0 Å². The van der Waals surface area contributed by atoms with Gasteiger partial charge in [0.1, 0.15) is 5.15 Å². The van der Waals surface area contributed by atoms with Crippen LogP contribution in [0.3, 0.4) is 0 Å². The van der Waals surface area contributed by atoms with Gasteiger partial charge in [0, 0.05) is 11.3 Å². The Morgan fingerprint density at radius 1 is 1.12 bits per heavy atom. The fourth-order valence-corrected chi connectivity index (χ4v) is 2.04. The zero-order valence-corrected chi connectivity index (χ0v) is 11.0. The third-order valence-electron chi connectivity index (χ3n) is 2.73. The van der Waals surface area contributed by atoms with Crippen LogP contribution in [0.1, 0.15) is 23.7 Å². The van der Waals surface area contributed by atoms with Gasteiger partial charge in [0.25, 0.3) is 0 Å². The molecule has 0 aliphatic carbocycles. The van der Waals surface area contributed by atoms with E-state index in [4.69, 9.17) is 11.6 Å². The third-order valence-corrected chi connectivity index (χ3v) is 2.93. The third kappa shape index (κ3) is 2.64. The molecule has 0 aliphatic rings. The van der Waals surface area contributed by atoms with Gasteiger partial charge in [-0.2, -0.15) is 0 Å². The highest BCUT2D eigenvalue weighted by Gasteiger charge is 2.07. The molecule has 0 fully saturated rings. The molecular formula is C14H15ClN2. The van der Waals surface area contributed by atoms with Gasteiger partial charge in [0.2, 0.25) is 0 Å². The molecular weight excluding hydrogens is 232 g/mol. The molecule has 2 rings (SSSR count). The number of halogens is 1. The van der Waals surface area contributed by atoms with Crippen LogP contribution in [0.15, 0.2) is 24.3 Å². The molecule has 88 valence electrons. The number of nitrogens with zero attached hydrogens (tertiary/aromatic N) is 2. The Kier molecular flexibility index (Phi) is 3.43. The van der Waals surface area contributed by atoms with Crippen molar-refractivity contribution in [2.75, 3.05) is 0 Å². The van der Waals surface area contributed by atoms with E-state index in [-0.39, 0.29) is 0 Å². The Morgan fingerprint density at radius 3 is 2.53 bits per heavy atom. The Bertz CT molecular complexity index is 550. The maximum absolute atomic E-state index is 6.01. The van der Waals surface area contributed by atoms with Crippen molar-refractivity contribution in [1.82, 2.24) is 9.97 Å². The summed E-state index contributed by atoms with van der Waals surface area (Å²) in [4.78, 5) is 8.81. The van der Waals surface area contributed by atoms with Crippen LogP contribution in [-0.2, 0) is 6.42 Å². The van der Waals surface area contributed by atoms with Crippen LogP contribution in [0.4, 0.5) is 0 Å². The summed E-state index contributed by atoms with van der Waals surface area (Å²) < 4.78 is 0. The van der Waals surface area contributed by atoms with Crippen molar-refractivity contribution in [2.45, 2.75) is 27.2 Å². The summed E-state index contributed by atoms with van der Waals surface area (Å²) in [6, 6.07) is 8.06. The summed E-state index contributed by atoms with van der Waals surface area (Å²) in [5.74, 6) is 0.715. The van der Waals surface area contributed by atoms with Crippen LogP contribution >= 0.6 is 11.6 Å². The zero-order chi connectivity index (χ0) is 12.4. The van der Waals surface area contributed by atoms with Crippen molar-refractivity contribution in [2.24, 2.45) is 0 Å². The van der Waals surface area contributed by atoms with Crippen molar-refractivity contribution >= 4 is 11.6 Å². The molecule has 1 aromatic heterocycles. The fourth-order valence-electron chi connectivity index (χ4n) is 1.83. The topological polar surface area (TPSA) is 25.8 Å². The van der Waals surface area contributed by atoms with E-state index in [1.807, 2.05) is 6.07 Å². The SMILES string of the molecule is CCc1cc(Cl)nc(-c2ccc(C)cc2C)n1. The average Bonchev–Trinajstić information content (AvgIpc) is 2.28. The smallest absolute Gasteiger partial charge is 0.161 e. The molecule has 0 atom stereocenters. The normalized spacial score (nSPS) is 10.6. The zero-order valence-electron chi connectivity index (χ0n) is 10.3. The second-order valence-corrected chi connectivity index (χ2v) is 4.56. The Morgan fingerprint density at radius 2 is 1.88 bits per heavy atom. The van der Waals surface area contributed by atoms with Crippen molar-refractivity contribution in [1.29, 1.82) is 0 Å². The molecule has 1 heterocycles. The van der Waals surface area contributed by atoms with Crippen LogP contribution < -0.4 is 0 Å². The predicted octanol–water partition coefficient (Wildman–Crippen LogP) is 3.98. The van der Waals surface area contributed by atoms with E-state index in [0.29, 0.717) is 11.0 Å². The molecule has 0 N–H and O–H groups in total. The van der Waals surface area contributed by atoms with Gasteiger partial charge in [-0.1, -0.05) is 42.3 Å². The predicted molar refractivity (Wildman–Crippen MR) is 71.3 cm³/mol. The van der Waals surface area contributed by atoms with E-state index < -0.39 is 0 Å². The maximum Gasteiger partial charge on any atom is 0.161 e. The number of aromatic nitrogens is 2. The fraction of sp³-hybridized carbons (Fsp3) is 0.286. The lowest BCUT2D eigenvalue weighted by Crippen LogP contribution is -1.96. The summed E-state index contributed by atoms with van der Waals surface area (Å²) in [6.07, 6.45) is 0.861. The Labute approximate surface area is 107 Å². The van der Waals surface area contributed by atoms with E-state index in [1.54, 1.807) is 0 Å². The van der Waals surface area contributed by atoms with Gasteiger partial charge in [-0.05, 0) is 31.9 Å². The van der Waals surface area contributed by atoms with Crippen LogP contribution in [0, 0.1) is 13.8 Å². The highest BCUT2D eigenvalue weighted by atomic mass is 35.5. The summed E-state index contributed by atoms with van der Waals surface area (Å²) in [5.41, 5.74) is 4.44. The largest absolute Gasteiger partial charge is 0.233 e. The molecule has 0 bridgehead atoms. The molecule has 0 radical (unpaired) electrons. The molecule has 0 unspecified atom stereocenters. The number of hydrogen-bond acceptors (Lipinski definition) is 2. The minimum Gasteiger partial charge on any atom is -0.233 e. The van der Waals surface area contributed by atoms with Crippen LogP contribution in [0.5, 0.6) is 0 Å². The highest BCUT2D eigenvalue weighted by molar-refractivity contribution is 6.29. The molecule has 0 amide bonds. The molecule has 0 saturated carbocycles. The summed E-state index contributed by atoms with van der Waals surface area (Å²) in [5, 5.41) is 0.506. The van der Waals surface area contributed by atoms with Gasteiger partial charge in [-0.15, -0.1) is 0 Å². The average molecular weight is 247 g/mol. The summed E-state index contributed by atoms with van der Waals surface area (Å²) in [6.45, 7) is 6.20. The second-order valence-electron chi connectivity index (χ2n) is 4.18. The van der Waals surface area contributed by atoms with Crippen LogP contribution in [0.25, 0.3) is 11.4 Å². The minimum atomic E-state index is 0.506. The van der Waals surface area contributed by atoms with Gasteiger partial charge >= 0.3 is 0 Å². The van der Waals surface area contributed by atoms with Gasteiger partial charge in [-0.3, -0.25) is 0 Å². The van der Waals surface area contributed by atoms with Crippen molar-refractivity contribution < 1.29 is 0 Å². The van der Waals surface area contributed by atoms with Gasteiger partial charge < -0.3 is 0 Å². The highest BCUT2D eigenvalue weighted by Crippen LogP contribution is 2.22. The van der Waals surface area contributed by atoms with Gasteiger partial charge in [0.05, 0.1) is 0 Å². The molecule has 0 aliphatic heterocycles. The first-order chi connectivity index (χ1) is 8.10. The lowest BCUT2D eigenvalue weighted by atomic mass is 10.1. The molecule has 2 nitrogen and oxygen atoms in total. The molecule has 0 saturated heterocycles. The molecule has 17 heavy (non-hydrogen) atoms. The van der Waals surface area contributed by atoms with Gasteiger partial charge in [-0.25, -0.2) is 9.97 Å². The quantitative estimate of drug-likeness (QED) is 0.750. The first-order valence-corrected chi connectivity index (χ1v) is 6.09. The van der Waals surface area contributed by atoms with E-state index in [0.717, 1.165) is 17.7 Å². The molecule has 2 aromatic rings. The lowest BCUT2D eigenvalue weighted by Gasteiger charge is -2.07. The van der Waals surface area contributed by atoms with Crippen LogP contribution in [-0.4, -0.2) is 9.97 Å². The van der Waals surface area contributed by atoms with Crippen molar-refractivity contribution in [3.63, 3.8) is 0 Å². The summed E-state index contributed by atoms with van der Waals surface area (Å²) >= 11 is 6.01. The molecule has 1 aromatic carbocycles. The van der Waals surface area contributed by atoms with Crippen LogP contribution in [0.2, 0.25) is 5.15 Å². The van der Waals surface area contributed by atoms with Crippen molar-refractivity contribution in [3.05, 3.63) is 46.2 Å². The lowest BCUT2D eigenvalue weighted by molar-refractivity contribution is 1.00. The number of hydrogen-bond donors (Lipinski definition) is 0. The standard InChI is InChI=1S/C14H15ClN2/c1-4-11-8-13(15)17-14(16-11)12-6-5-9(2)7-10(12)3/h5-8H,4H2,1-3H3. The maximum atomic E-state index is 6.01. The first kappa shape index (κ1) is 12.1.